The average Bonchev–Trinajstić information content (AvgIpc) is 2.15. The van der Waals surface area contributed by atoms with Gasteiger partial charge in [0.25, 0.3) is 0 Å². The highest BCUT2D eigenvalue weighted by Crippen LogP contribution is 2.09. The number of hydrogen-bond acceptors (Lipinski definition) is 2. The molecule has 1 rings (SSSR count). The molecule has 0 radical (unpaired) electrons. The number of amides is 1. The second-order valence-corrected chi connectivity index (χ2v) is 3.93. The molecule has 1 amide bonds. The molecule has 0 bridgehead atoms. The van der Waals surface area contributed by atoms with Crippen molar-refractivity contribution in [3.05, 3.63) is 0 Å². The monoisotopic (exact) mass is 283 g/mol. The second kappa shape index (κ2) is 5.61. The van der Waals surface area contributed by atoms with E-state index in [0.29, 0.717) is 6.61 Å². The third-order valence-electron chi connectivity index (χ3n) is 1.92. The Morgan fingerprint density at radius 2 is 2.00 bits per heavy atom. The van der Waals surface area contributed by atoms with Crippen LogP contribution in [0.4, 0.5) is 4.79 Å². The van der Waals surface area contributed by atoms with E-state index in [1.807, 2.05) is 0 Å². The van der Waals surface area contributed by atoms with E-state index in [0.717, 1.165) is 30.4 Å². The Bertz CT molecular complexity index is 146. The quantitative estimate of drug-likeness (QED) is 0.573. The van der Waals surface area contributed by atoms with Crippen LogP contribution in [0.25, 0.3) is 0 Å². The minimum atomic E-state index is -0.133. The molecule has 0 aromatic rings. The molecular formula is C8H14INO2. The number of carbonyl (C=O) groups is 1. The molecule has 0 N–H and O–H groups in total. The van der Waals surface area contributed by atoms with Crippen molar-refractivity contribution in [2.45, 2.75) is 19.3 Å². The van der Waals surface area contributed by atoms with Crippen molar-refractivity contribution in [3.8, 4) is 0 Å². The minimum absolute atomic E-state index is 0.133. The fraction of sp³-hybridized carbons (Fsp3) is 0.875. The molecule has 1 aliphatic rings. The number of hydrogen-bond donors (Lipinski definition) is 0. The van der Waals surface area contributed by atoms with Gasteiger partial charge in [-0.2, -0.15) is 0 Å². The lowest BCUT2D eigenvalue weighted by atomic mass is 10.1. The normalized spacial score (nSPS) is 17.6. The summed E-state index contributed by atoms with van der Waals surface area (Å²) in [6.07, 6.45) is 3.36. The Labute approximate surface area is 86.6 Å². The summed E-state index contributed by atoms with van der Waals surface area (Å²) in [6.45, 7) is 2.29. The zero-order valence-corrected chi connectivity index (χ0v) is 9.25. The molecule has 1 fully saturated rings. The minimum Gasteiger partial charge on any atom is -0.449 e. The van der Waals surface area contributed by atoms with Crippen LogP contribution >= 0.6 is 22.6 Å². The Hall–Kier alpha value is -0.0000000000000000555. The van der Waals surface area contributed by atoms with E-state index in [1.54, 1.807) is 4.90 Å². The predicted molar refractivity (Wildman–Crippen MR) is 55.7 cm³/mol. The molecule has 0 aromatic heterocycles. The van der Waals surface area contributed by atoms with Crippen LogP contribution in [-0.2, 0) is 4.74 Å². The van der Waals surface area contributed by atoms with Crippen LogP contribution in [-0.4, -0.2) is 35.1 Å². The van der Waals surface area contributed by atoms with Gasteiger partial charge in [0, 0.05) is 17.5 Å². The van der Waals surface area contributed by atoms with Crippen LogP contribution in [0.15, 0.2) is 0 Å². The molecule has 1 heterocycles. The summed E-state index contributed by atoms with van der Waals surface area (Å²) in [5.74, 6) is 0. The molecule has 1 saturated heterocycles. The standard InChI is InChI=1S/C8H14INO2/c9-4-7-12-8(11)10-5-2-1-3-6-10/h1-7H2. The first-order valence-electron chi connectivity index (χ1n) is 4.32. The van der Waals surface area contributed by atoms with E-state index in [2.05, 4.69) is 22.6 Å². The highest BCUT2D eigenvalue weighted by Gasteiger charge is 2.16. The summed E-state index contributed by atoms with van der Waals surface area (Å²) in [6, 6.07) is 0. The molecular weight excluding hydrogens is 269 g/mol. The predicted octanol–water partition coefficient (Wildman–Crippen LogP) is 2.04. The molecule has 0 atom stereocenters. The molecule has 0 saturated carbocycles. The number of carbonyl (C=O) groups excluding carboxylic acids is 1. The van der Waals surface area contributed by atoms with E-state index < -0.39 is 0 Å². The van der Waals surface area contributed by atoms with Crippen LogP contribution < -0.4 is 0 Å². The average molecular weight is 283 g/mol. The fourth-order valence-corrected chi connectivity index (χ4v) is 1.51. The number of rotatable bonds is 2. The molecule has 0 spiro atoms. The summed E-state index contributed by atoms with van der Waals surface area (Å²) >= 11 is 2.20. The zero-order chi connectivity index (χ0) is 8.81. The topological polar surface area (TPSA) is 29.5 Å². The number of nitrogens with zero attached hydrogens (tertiary/aromatic N) is 1. The molecule has 70 valence electrons. The van der Waals surface area contributed by atoms with E-state index in [4.69, 9.17) is 4.74 Å². The van der Waals surface area contributed by atoms with Crippen molar-refractivity contribution in [2.24, 2.45) is 0 Å². The van der Waals surface area contributed by atoms with Gasteiger partial charge in [0.2, 0.25) is 0 Å². The van der Waals surface area contributed by atoms with Gasteiger partial charge in [-0.25, -0.2) is 4.79 Å². The molecule has 0 aliphatic carbocycles. The molecule has 4 heteroatoms. The van der Waals surface area contributed by atoms with Crippen molar-refractivity contribution in [1.29, 1.82) is 0 Å². The van der Waals surface area contributed by atoms with E-state index in [-0.39, 0.29) is 6.09 Å². The Morgan fingerprint density at radius 1 is 1.33 bits per heavy atom. The van der Waals surface area contributed by atoms with Crippen LogP contribution in [0.3, 0.4) is 0 Å². The zero-order valence-electron chi connectivity index (χ0n) is 7.09. The summed E-state index contributed by atoms with van der Waals surface area (Å²) in [7, 11) is 0. The lowest BCUT2D eigenvalue weighted by Crippen LogP contribution is -2.36. The van der Waals surface area contributed by atoms with E-state index in [9.17, 15) is 4.79 Å². The number of halogens is 1. The van der Waals surface area contributed by atoms with E-state index >= 15 is 0 Å². The lowest BCUT2D eigenvalue weighted by molar-refractivity contribution is 0.101. The fourth-order valence-electron chi connectivity index (χ4n) is 1.29. The van der Waals surface area contributed by atoms with Gasteiger partial charge in [-0.15, -0.1) is 0 Å². The summed E-state index contributed by atoms with van der Waals surface area (Å²) in [5, 5.41) is 0. The highest BCUT2D eigenvalue weighted by atomic mass is 127. The van der Waals surface area contributed by atoms with Crippen molar-refractivity contribution < 1.29 is 9.53 Å². The highest BCUT2D eigenvalue weighted by molar-refractivity contribution is 14.1. The maximum atomic E-state index is 11.3. The smallest absolute Gasteiger partial charge is 0.409 e. The Balaban J connectivity index is 2.20. The lowest BCUT2D eigenvalue weighted by Gasteiger charge is -2.25. The third kappa shape index (κ3) is 3.16. The molecule has 0 unspecified atom stereocenters. The van der Waals surface area contributed by atoms with Crippen molar-refractivity contribution >= 4 is 28.7 Å². The number of likely N-dealkylation sites (tertiary alicyclic amines) is 1. The first-order valence-corrected chi connectivity index (χ1v) is 5.85. The largest absolute Gasteiger partial charge is 0.449 e. The summed E-state index contributed by atoms with van der Waals surface area (Å²) in [5.41, 5.74) is 0. The van der Waals surface area contributed by atoms with Gasteiger partial charge in [-0.1, -0.05) is 22.6 Å². The molecule has 12 heavy (non-hydrogen) atoms. The van der Waals surface area contributed by atoms with Crippen LogP contribution in [0, 0.1) is 0 Å². The number of ether oxygens (including phenoxy) is 1. The van der Waals surface area contributed by atoms with Gasteiger partial charge in [0.15, 0.2) is 0 Å². The van der Waals surface area contributed by atoms with Crippen LogP contribution in [0.2, 0.25) is 0 Å². The first kappa shape index (κ1) is 10.1. The Kier molecular flexibility index (Phi) is 4.72. The third-order valence-corrected chi connectivity index (χ3v) is 2.36. The van der Waals surface area contributed by atoms with Gasteiger partial charge in [-0.3, -0.25) is 0 Å². The summed E-state index contributed by atoms with van der Waals surface area (Å²) < 4.78 is 5.88. The molecule has 1 aliphatic heterocycles. The van der Waals surface area contributed by atoms with Gasteiger partial charge in [0.05, 0.1) is 0 Å². The van der Waals surface area contributed by atoms with Crippen LogP contribution in [0.1, 0.15) is 19.3 Å². The number of piperidine rings is 1. The maximum absolute atomic E-state index is 11.3. The summed E-state index contributed by atoms with van der Waals surface area (Å²) in [4.78, 5) is 13.1. The van der Waals surface area contributed by atoms with E-state index in [1.165, 1.54) is 6.42 Å². The second-order valence-electron chi connectivity index (χ2n) is 2.85. The molecule has 3 nitrogen and oxygen atoms in total. The van der Waals surface area contributed by atoms with Gasteiger partial charge in [0.1, 0.15) is 6.61 Å². The van der Waals surface area contributed by atoms with Gasteiger partial charge >= 0.3 is 6.09 Å². The van der Waals surface area contributed by atoms with Crippen LogP contribution in [0.5, 0.6) is 0 Å². The van der Waals surface area contributed by atoms with Crippen molar-refractivity contribution in [2.75, 3.05) is 24.1 Å². The number of alkyl halides is 1. The maximum Gasteiger partial charge on any atom is 0.409 e. The van der Waals surface area contributed by atoms with Crippen molar-refractivity contribution in [3.63, 3.8) is 0 Å². The first-order chi connectivity index (χ1) is 5.84. The van der Waals surface area contributed by atoms with Crippen molar-refractivity contribution in [1.82, 2.24) is 4.90 Å². The SMILES string of the molecule is O=C(OCCI)N1CCCCC1. The molecule has 0 aromatic carbocycles. The Morgan fingerprint density at radius 3 is 2.58 bits per heavy atom. The van der Waals surface area contributed by atoms with Gasteiger partial charge < -0.3 is 9.64 Å². The van der Waals surface area contributed by atoms with Gasteiger partial charge in [-0.05, 0) is 19.3 Å².